The van der Waals surface area contributed by atoms with Crippen LogP contribution in [-0.2, 0) is 24.3 Å². The molecule has 1 aromatic carbocycles. The van der Waals surface area contributed by atoms with Crippen molar-refractivity contribution in [1.29, 1.82) is 0 Å². The highest BCUT2D eigenvalue weighted by atomic mass is 32.2. The zero-order valence-electron chi connectivity index (χ0n) is 11.7. The molecule has 0 spiro atoms. The van der Waals surface area contributed by atoms with E-state index < -0.39 is 10.0 Å². The van der Waals surface area contributed by atoms with Gasteiger partial charge in [-0.2, -0.15) is 0 Å². The molecule has 1 atom stereocenters. The highest BCUT2D eigenvalue weighted by Gasteiger charge is 2.22. The van der Waals surface area contributed by atoms with Gasteiger partial charge in [-0.1, -0.05) is 0 Å². The standard InChI is InChI=1S/C13H16N2O6S/c16-13-8-21-12-2-1-10(5-11(12)15-13)22(17,18)14-6-9-7-19-3-4-20-9/h1-2,5,9,14H,3-4,6-8H2,(H,15,16)/t9-/m0/s1. The summed E-state index contributed by atoms with van der Waals surface area (Å²) in [6.45, 7) is 1.39. The summed E-state index contributed by atoms with van der Waals surface area (Å²) in [5.74, 6) is 0.130. The van der Waals surface area contributed by atoms with Crippen LogP contribution in [-0.4, -0.2) is 53.4 Å². The van der Waals surface area contributed by atoms with Gasteiger partial charge in [0.1, 0.15) is 5.75 Å². The number of anilines is 1. The van der Waals surface area contributed by atoms with Crippen molar-refractivity contribution in [3.8, 4) is 5.75 Å². The van der Waals surface area contributed by atoms with Crippen molar-refractivity contribution in [2.24, 2.45) is 0 Å². The van der Waals surface area contributed by atoms with Crippen LogP contribution in [0.1, 0.15) is 0 Å². The van der Waals surface area contributed by atoms with Crippen LogP contribution in [0, 0.1) is 0 Å². The molecule has 9 heteroatoms. The fraction of sp³-hybridized carbons (Fsp3) is 0.462. The van der Waals surface area contributed by atoms with Crippen LogP contribution in [0.25, 0.3) is 0 Å². The van der Waals surface area contributed by atoms with E-state index >= 15 is 0 Å². The van der Waals surface area contributed by atoms with Gasteiger partial charge in [0.15, 0.2) is 6.61 Å². The van der Waals surface area contributed by atoms with Gasteiger partial charge in [0.25, 0.3) is 5.91 Å². The van der Waals surface area contributed by atoms with E-state index in [0.29, 0.717) is 31.3 Å². The van der Waals surface area contributed by atoms with E-state index in [-0.39, 0.29) is 30.1 Å². The zero-order chi connectivity index (χ0) is 15.6. The third-order valence-electron chi connectivity index (χ3n) is 3.28. The molecule has 2 heterocycles. The summed E-state index contributed by atoms with van der Waals surface area (Å²) in [7, 11) is -3.70. The number of hydrogen-bond donors (Lipinski definition) is 2. The molecular weight excluding hydrogens is 312 g/mol. The van der Waals surface area contributed by atoms with Crippen LogP contribution >= 0.6 is 0 Å². The number of fused-ring (bicyclic) bond motifs is 1. The lowest BCUT2D eigenvalue weighted by Crippen LogP contribution is -2.39. The third kappa shape index (κ3) is 3.38. The normalized spacial score (nSPS) is 21.6. The van der Waals surface area contributed by atoms with Crippen molar-refractivity contribution in [2.75, 3.05) is 38.3 Å². The lowest BCUT2D eigenvalue weighted by Gasteiger charge is -2.23. The first-order chi connectivity index (χ1) is 10.5. The monoisotopic (exact) mass is 328 g/mol. The maximum atomic E-state index is 12.3. The van der Waals surface area contributed by atoms with Crippen LogP contribution in [0.4, 0.5) is 5.69 Å². The van der Waals surface area contributed by atoms with E-state index in [1.165, 1.54) is 18.2 Å². The Morgan fingerprint density at radius 2 is 2.18 bits per heavy atom. The Balaban J connectivity index is 1.71. The van der Waals surface area contributed by atoms with E-state index in [9.17, 15) is 13.2 Å². The average molecular weight is 328 g/mol. The molecular formula is C13H16N2O6S. The number of ether oxygens (including phenoxy) is 3. The molecule has 2 aliphatic rings. The van der Waals surface area contributed by atoms with Crippen LogP contribution < -0.4 is 14.8 Å². The molecule has 1 amide bonds. The number of hydrogen-bond acceptors (Lipinski definition) is 6. The van der Waals surface area contributed by atoms with E-state index in [1.807, 2.05) is 0 Å². The second kappa shape index (κ2) is 6.21. The van der Waals surface area contributed by atoms with Gasteiger partial charge < -0.3 is 19.5 Å². The fourth-order valence-electron chi connectivity index (χ4n) is 2.17. The topological polar surface area (TPSA) is 103 Å². The minimum Gasteiger partial charge on any atom is -0.482 e. The van der Waals surface area contributed by atoms with Crippen LogP contribution in [0.3, 0.4) is 0 Å². The zero-order valence-corrected chi connectivity index (χ0v) is 12.5. The summed E-state index contributed by atoms with van der Waals surface area (Å²) in [6.07, 6.45) is -0.302. The molecule has 0 radical (unpaired) electrons. The Hall–Kier alpha value is -1.68. The van der Waals surface area contributed by atoms with Crippen molar-refractivity contribution in [1.82, 2.24) is 4.72 Å². The van der Waals surface area contributed by atoms with Gasteiger partial charge in [0, 0.05) is 6.54 Å². The molecule has 120 valence electrons. The van der Waals surface area contributed by atoms with Crippen molar-refractivity contribution >= 4 is 21.6 Å². The first-order valence-corrected chi connectivity index (χ1v) is 8.29. The summed E-state index contributed by atoms with van der Waals surface area (Å²) >= 11 is 0. The maximum absolute atomic E-state index is 12.3. The quantitative estimate of drug-likeness (QED) is 0.787. The molecule has 1 fully saturated rings. The lowest BCUT2D eigenvalue weighted by atomic mass is 10.2. The van der Waals surface area contributed by atoms with Crippen LogP contribution in [0.15, 0.2) is 23.1 Å². The van der Waals surface area contributed by atoms with Gasteiger partial charge in [-0.25, -0.2) is 13.1 Å². The Morgan fingerprint density at radius 3 is 2.95 bits per heavy atom. The van der Waals surface area contributed by atoms with Crippen molar-refractivity contribution in [3.63, 3.8) is 0 Å². The van der Waals surface area contributed by atoms with Gasteiger partial charge in [0.05, 0.1) is 36.5 Å². The second-order valence-corrected chi connectivity index (χ2v) is 6.68. The number of nitrogens with one attached hydrogen (secondary N) is 2. The minimum absolute atomic E-state index is 0.0498. The third-order valence-corrected chi connectivity index (χ3v) is 4.70. The number of carbonyl (C=O) groups is 1. The predicted octanol–water partition coefficient (Wildman–Crippen LogP) is -0.289. The number of sulfonamides is 1. The van der Waals surface area contributed by atoms with E-state index in [1.54, 1.807) is 0 Å². The van der Waals surface area contributed by atoms with Gasteiger partial charge in [-0.3, -0.25) is 4.79 Å². The van der Waals surface area contributed by atoms with E-state index in [4.69, 9.17) is 14.2 Å². The summed E-state index contributed by atoms with van der Waals surface area (Å²) in [5.41, 5.74) is 0.344. The van der Waals surface area contributed by atoms with Gasteiger partial charge in [0.2, 0.25) is 10.0 Å². The predicted molar refractivity (Wildman–Crippen MR) is 76.3 cm³/mol. The Bertz CT molecular complexity index is 669. The summed E-state index contributed by atoms with van der Waals surface area (Å²) in [4.78, 5) is 11.3. The number of amides is 1. The summed E-state index contributed by atoms with van der Waals surface area (Å²) in [6, 6.07) is 4.31. The largest absolute Gasteiger partial charge is 0.482 e. The molecule has 0 bridgehead atoms. The molecule has 2 N–H and O–H groups in total. The van der Waals surface area contributed by atoms with Crippen LogP contribution in [0.5, 0.6) is 5.75 Å². The molecule has 8 nitrogen and oxygen atoms in total. The molecule has 0 unspecified atom stereocenters. The smallest absolute Gasteiger partial charge is 0.262 e. The van der Waals surface area contributed by atoms with Crippen molar-refractivity contribution in [2.45, 2.75) is 11.0 Å². The molecule has 0 aliphatic carbocycles. The number of benzene rings is 1. The SMILES string of the molecule is O=C1COc2ccc(S(=O)(=O)NC[C@H]3COCCO3)cc2N1. The number of rotatable bonds is 4. The molecule has 2 aliphatic heterocycles. The number of carbonyl (C=O) groups excluding carboxylic acids is 1. The summed E-state index contributed by atoms with van der Waals surface area (Å²) in [5, 5.41) is 2.58. The minimum atomic E-state index is -3.70. The van der Waals surface area contributed by atoms with Gasteiger partial charge in [-0.15, -0.1) is 0 Å². The fourth-order valence-corrected chi connectivity index (χ4v) is 3.26. The average Bonchev–Trinajstić information content (AvgIpc) is 2.53. The molecule has 0 saturated carbocycles. The summed E-state index contributed by atoms with van der Waals surface area (Å²) < 4.78 is 42.8. The second-order valence-electron chi connectivity index (χ2n) is 4.91. The first-order valence-electron chi connectivity index (χ1n) is 6.80. The van der Waals surface area contributed by atoms with Gasteiger partial charge >= 0.3 is 0 Å². The van der Waals surface area contributed by atoms with E-state index in [0.717, 1.165) is 0 Å². The van der Waals surface area contributed by atoms with Gasteiger partial charge in [-0.05, 0) is 18.2 Å². The Labute approximate surface area is 127 Å². The lowest BCUT2D eigenvalue weighted by molar-refractivity contribution is -0.118. The maximum Gasteiger partial charge on any atom is 0.262 e. The highest BCUT2D eigenvalue weighted by molar-refractivity contribution is 7.89. The molecule has 0 aromatic heterocycles. The Kier molecular flexibility index (Phi) is 4.30. The van der Waals surface area contributed by atoms with Crippen LogP contribution in [0.2, 0.25) is 0 Å². The molecule has 1 aromatic rings. The molecule has 1 saturated heterocycles. The highest BCUT2D eigenvalue weighted by Crippen LogP contribution is 2.29. The van der Waals surface area contributed by atoms with Crippen molar-refractivity contribution in [3.05, 3.63) is 18.2 Å². The first kappa shape index (κ1) is 15.2. The molecule has 3 rings (SSSR count). The van der Waals surface area contributed by atoms with E-state index in [2.05, 4.69) is 10.0 Å². The Morgan fingerprint density at radius 1 is 1.32 bits per heavy atom. The molecule has 22 heavy (non-hydrogen) atoms. The van der Waals surface area contributed by atoms with Crippen molar-refractivity contribution < 1.29 is 27.4 Å².